The number of carbonyl (C=O) groups is 1. The van der Waals surface area contributed by atoms with Gasteiger partial charge in [0.15, 0.2) is 5.78 Å². The third-order valence-corrected chi connectivity index (χ3v) is 2.49. The summed E-state index contributed by atoms with van der Waals surface area (Å²) < 4.78 is 4.99. The molecule has 2 aromatic heterocycles. The van der Waals surface area contributed by atoms with E-state index in [1.165, 1.54) is 18.0 Å². The zero-order chi connectivity index (χ0) is 9.80. The minimum Gasteiger partial charge on any atom is -0.440 e. The lowest BCUT2D eigenvalue weighted by Crippen LogP contribution is -2.02. The minimum absolute atomic E-state index is 0.0400. The fourth-order valence-corrected chi connectivity index (χ4v) is 1.66. The number of ketones is 1. The Hall–Kier alpha value is -1.49. The maximum atomic E-state index is 11.5. The Kier molecular flexibility index (Phi) is 2.69. The highest BCUT2D eigenvalue weighted by Gasteiger charge is 2.08. The fourth-order valence-electron chi connectivity index (χ4n) is 0.990. The van der Waals surface area contributed by atoms with E-state index in [0.29, 0.717) is 16.7 Å². The van der Waals surface area contributed by atoms with Crippen LogP contribution in [0.5, 0.6) is 0 Å². The first-order chi connectivity index (χ1) is 6.86. The fraction of sp³-hybridized carbons (Fsp3) is 0.111. The summed E-state index contributed by atoms with van der Waals surface area (Å²) in [6, 6.07) is 3.54. The third kappa shape index (κ3) is 2.05. The van der Waals surface area contributed by atoms with E-state index in [4.69, 9.17) is 4.42 Å². The molecular formula is C9H8N2O2S. The monoisotopic (exact) mass is 208 g/mol. The quantitative estimate of drug-likeness (QED) is 0.616. The Bertz CT molecular complexity index is 394. The number of H-pyrrole nitrogens is 1. The van der Waals surface area contributed by atoms with Gasteiger partial charge < -0.3 is 9.40 Å². The van der Waals surface area contributed by atoms with Crippen molar-refractivity contribution in [2.24, 2.45) is 0 Å². The molecular weight excluding hydrogens is 200 g/mol. The average Bonchev–Trinajstić information content (AvgIpc) is 2.87. The molecule has 2 heterocycles. The van der Waals surface area contributed by atoms with Crippen molar-refractivity contribution >= 4 is 17.5 Å². The number of thioether (sulfide) groups is 1. The predicted molar refractivity (Wildman–Crippen MR) is 52.4 cm³/mol. The van der Waals surface area contributed by atoms with Crippen molar-refractivity contribution in [1.29, 1.82) is 0 Å². The lowest BCUT2D eigenvalue weighted by molar-refractivity contribution is 0.101. The van der Waals surface area contributed by atoms with Crippen LogP contribution < -0.4 is 0 Å². The summed E-state index contributed by atoms with van der Waals surface area (Å²) >= 11 is 1.29. The average molecular weight is 208 g/mol. The highest BCUT2D eigenvalue weighted by molar-refractivity contribution is 7.99. The number of oxazole rings is 1. The van der Waals surface area contributed by atoms with E-state index >= 15 is 0 Å². The molecule has 14 heavy (non-hydrogen) atoms. The number of carbonyl (C=O) groups excluding carboxylic acids is 1. The van der Waals surface area contributed by atoms with Gasteiger partial charge in [-0.2, -0.15) is 0 Å². The molecule has 0 radical (unpaired) electrons. The molecule has 1 N–H and O–H groups in total. The van der Waals surface area contributed by atoms with Crippen LogP contribution in [0.15, 0.2) is 40.4 Å². The molecule has 0 amide bonds. The summed E-state index contributed by atoms with van der Waals surface area (Å²) in [5.74, 6) is 0.374. The maximum Gasteiger partial charge on any atom is 0.255 e. The molecule has 0 unspecified atom stereocenters. The highest BCUT2D eigenvalue weighted by atomic mass is 32.2. The van der Waals surface area contributed by atoms with E-state index in [1.54, 1.807) is 24.5 Å². The van der Waals surface area contributed by atoms with Gasteiger partial charge in [0.1, 0.15) is 6.26 Å². The van der Waals surface area contributed by atoms with Gasteiger partial charge in [-0.3, -0.25) is 4.79 Å². The lowest BCUT2D eigenvalue weighted by atomic mass is 10.3. The lowest BCUT2D eigenvalue weighted by Gasteiger charge is -1.94. The summed E-state index contributed by atoms with van der Waals surface area (Å²) in [5.41, 5.74) is 0.615. The number of hydrogen-bond acceptors (Lipinski definition) is 4. The Labute approximate surface area is 84.7 Å². The van der Waals surface area contributed by atoms with Gasteiger partial charge >= 0.3 is 0 Å². The Morgan fingerprint density at radius 1 is 1.64 bits per heavy atom. The molecule has 0 aliphatic heterocycles. The van der Waals surface area contributed by atoms with E-state index in [-0.39, 0.29) is 5.78 Å². The Balaban J connectivity index is 1.90. The van der Waals surface area contributed by atoms with Crippen LogP contribution in [0.3, 0.4) is 0 Å². The van der Waals surface area contributed by atoms with Crippen LogP contribution in [0.4, 0.5) is 0 Å². The third-order valence-electron chi connectivity index (χ3n) is 1.63. The van der Waals surface area contributed by atoms with Crippen molar-refractivity contribution in [3.05, 3.63) is 36.5 Å². The second-order valence-corrected chi connectivity index (χ2v) is 3.52. The molecule has 0 fully saturated rings. The number of hydrogen-bond donors (Lipinski definition) is 1. The molecule has 0 saturated heterocycles. The van der Waals surface area contributed by atoms with Crippen LogP contribution in [-0.4, -0.2) is 21.5 Å². The number of nitrogens with zero attached hydrogens (tertiary/aromatic N) is 1. The van der Waals surface area contributed by atoms with Crippen LogP contribution in [0.25, 0.3) is 0 Å². The number of rotatable bonds is 4. The number of Topliss-reactive ketones (excluding diaryl/α,β-unsaturated/α-hetero) is 1. The molecule has 0 aromatic carbocycles. The second kappa shape index (κ2) is 4.15. The van der Waals surface area contributed by atoms with Gasteiger partial charge in [0, 0.05) is 6.20 Å². The van der Waals surface area contributed by atoms with Crippen molar-refractivity contribution < 1.29 is 9.21 Å². The standard InChI is InChI=1S/C9H8N2O2S/c12-8(7-2-1-3-10-7)6-14-9-11-4-5-13-9/h1-5,10H,6H2. The molecule has 0 atom stereocenters. The van der Waals surface area contributed by atoms with Crippen LogP contribution in [0, 0.1) is 0 Å². The SMILES string of the molecule is O=C(CSc1ncco1)c1ccc[nH]1. The van der Waals surface area contributed by atoms with Gasteiger partial charge in [0.25, 0.3) is 5.22 Å². The first-order valence-corrected chi connectivity index (χ1v) is 5.04. The van der Waals surface area contributed by atoms with Crippen molar-refractivity contribution in [3.63, 3.8) is 0 Å². The molecule has 2 aromatic rings. The van der Waals surface area contributed by atoms with E-state index in [0.717, 1.165) is 0 Å². The van der Waals surface area contributed by atoms with E-state index in [2.05, 4.69) is 9.97 Å². The van der Waals surface area contributed by atoms with Crippen LogP contribution >= 0.6 is 11.8 Å². The zero-order valence-corrected chi connectivity index (χ0v) is 8.08. The molecule has 0 aliphatic rings. The van der Waals surface area contributed by atoms with Crippen LogP contribution in [-0.2, 0) is 0 Å². The van der Waals surface area contributed by atoms with E-state index in [1.807, 2.05) is 0 Å². The normalized spacial score (nSPS) is 10.3. The van der Waals surface area contributed by atoms with E-state index in [9.17, 15) is 4.79 Å². The number of nitrogens with one attached hydrogen (secondary N) is 1. The maximum absolute atomic E-state index is 11.5. The van der Waals surface area contributed by atoms with Gasteiger partial charge in [0.2, 0.25) is 0 Å². The molecule has 0 bridgehead atoms. The largest absolute Gasteiger partial charge is 0.440 e. The molecule has 72 valence electrons. The smallest absolute Gasteiger partial charge is 0.255 e. The first kappa shape index (κ1) is 9.08. The Morgan fingerprint density at radius 2 is 2.57 bits per heavy atom. The molecule has 0 aliphatic carbocycles. The molecule has 0 saturated carbocycles. The summed E-state index contributed by atoms with van der Waals surface area (Å²) in [6.45, 7) is 0. The van der Waals surface area contributed by atoms with E-state index < -0.39 is 0 Å². The van der Waals surface area contributed by atoms with Crippen molar-refractivity contribution in [2.45, 2.75) is 5.22 Å². The molecule has 0 spiro atoms. The predicted octanol–water partition coefficient (Wildman–Crippen LogP) is 1.98. The van der Waals surface area contributed by atoms with Gasteiger partial charge in [-0.15, -0.1) is 0 Å². The van der Waals surface area contributed by atoms with Crippen LogP contribution in [0.1, 0.15) is 10.5 Å². The second-order valence-electron chi connectivity index (χ2n) is 2.59. The zero-order valence-electron chi connectivity index (χ0n) is 7.27. The van der Waals surface area contributed by atoms with Gasteiger partial charge in [0.05, 0.1) is 17.6 Å². The molecule has 5 heteroatoms. The van der Waals surface area contributed by atoms with Gasteiger partial charge in [-0.05, 0) is 12.1 Å². The molecule has 4 nitrogen and oxygen atoms in total. The van der Waals surface area contributed by atoms with Crippen molar-refractivity contribution in [1.82, 2.24) is 9.97 Å². The number of aromatic amines is 1. The minimum atomic E-state index is 0.0400. The highest BCUT2D eigenvalue weighted by Crippen LogP contribution is 2.15. The van der Waals surface area contributed by atoms with Crippen molar-refractivity contribution in [2.75, 3.05) is 5.75 Å². The van der Waals surface area contributed by atoms with Crippen LogP contribution in [0.2, 0.25) is 0 Å². The van der Waals surface area contributed by atoms with Gasteiger partial charge in [-0.25, -0.2) is 4.98 Å². The Morgan fingerprint density at radius 3 is 3.21 bits per heavy atom. The summed E-state index contributed by atoms with van der Waals surface area (Å²) in [4.78, 5) is 18.2. The topological polar surface area (TPSA) is 58.9 Å². The number of aromatic nitrogens is 2. The van der Waals surface area contributed by atoms with Gasteiger partial charge in [-0.1, -0.05) is 11.8 Å². The first-order valence-electron chi connectivity index (χ1n) is 4.05. The summed E-state index contributed by atoms with van der Waals surface area (Å²) in [5, 5.41) is 0.518. The molecule has 2 rings (SSSR count). The van der Waals surface area contributed by atoms with Crippen molar-refractivity contribution in [3.8, 4) is 0 Å². The summed E-state index contributed by atoms with van der Waals surface area (Å²) in [7, 11) is 0. The summed E-state index contributed by atoms with van der Waals surface area (Å²) in [6.07, 6.45) is 4.77.